The van der Waals surface area contributed by atoms with Crippen molar-refractivity contribution in [2.45, 2.75) is 19.8 Å². The lowest BCUT2D eigenvalue weighted by Gasteiger charge is -2.19. The zero-order chi connectivity index (χ0) is 17.8. The number of carbonyl (C=O) groups excluding carboxylic acids is 1. The molecule has 0 aliphatic carbocycles. The highest BCUT2D eigenvalue weighted by atomic mass is 32.1. The number of ether oxygens (including phenoxy) is 2. The van der Waals surface area contributed by atoms with Gasteiger partial charge in [0.05, 0.1) is 12.1 Å². The lowest BCUT2D eigenvalue weighted by atomic mass is 10.2. The van der Waals surface area contributed by atoms with Gasteiger partial charge in [-0.3, -0.25) is 9.59 Å². The number of aromatic nitrogens is 1. The molecule has 0 atom stereocenters. The van der Waals surface area contributed by atoms with Gasteiger partial charge in [-0.25, -0.2) is 4.98 Å². The molecule has 132 valence electrons. The van der Waals surface area contributed by atoms with Crippen LogP contribution in [0.2, 0.25) is 0 Å². The second-order valence-corrected chi connectivity index (χ2v) is 6.46. The molecule has 1 aliphatic heterocycles. The molecule has 8 heteroatoms. The first-order valence-corrected chi connectivity index (χ1v) is 8.78. The van der Waals surface area contributed by atoms with E-state index in [0.717, 1.165) is 10.6 Å². The largest absolute Gasteiger partial charge is 0.480 e. The summed E-state index contributed by atoms with van der Waals surface area (Å²) >= 11 is 1.43. The Morgan fingerprint density at radius 1 is 1.32 bits per heavy atom. The predicted molar refractivity (Wildman–Crippen MR) is 91.9 cm³/mol. The lowest BCUT2D eigenvalue weighted by molar-refractivity contribution is -0.144. The number of hydrogen-bond acceptors (Lipinski definition) is 6. The fraction of sp³-hybridized carbons (Fsp3) is 0.353. The van der Waals surface area contributed by atoms with Crippen molar-refractivity contribution in [3.8, 4) is 22.1 Å². The van der Waals surface area contributed by atoms with Crippen molar-refractivity contribution in [1.82, 2.24) is 9.88 Å². The fourth-order valence-corrected chi connectivity index (χ4v) is 3.36. The molecule has 1 aromatic carbocycles. The number of aliphatic carboxylic acids is 1. The minimum atomic E-state index is -1.01. The number of thiazole rings is 1. The molecule has 3 rings (SSSR count). The molecule has 7 nitrogen and oxygen atoms in total. The number of carboxylic acid groups (broad SMARTS) is 1. The smallest absolute Gasteiger partial charge is 0.323 e. The van der Waals surface area contributed by atoms with Gasteiger partial charge >= 0.3 is 5.97 Å². The molecule has 0 radical (unpaired) electrons. The van der Waals surface area contributed by atoms with Crippen molar-refractivity contribution in [3.63, 3.8) is 0 Å². The topological polar surface area (TPSA) is 89.0 Å². The van der Waals surface area contributed by atoms with E-state index in [1.54, 1.807) is 0 Å². The van der Waals surface area contributed by atoms with Gasteiger partial charge in [0.25, 0.3) is 0 Å². The van der Waals surface area contributed by atoms with Crippen LogP contribution in [-0.4, -0.2) is 46.7 Å². The second-order valence-electron chi connectivity index (χ2n) is 5.60. The van der Waals surface area contributed by atoms with Gasteiger partial charge in [0.15, 0.2) is 11.5 Å². The monoisotopic (exact) mass is 362 g/mol. The molecule has 0 spiro atoms. The average molecular weight is 362 g/mol. The number of fused-ring (bicyclic) bond motifs is 1. The summed E-state index contributed by atoms with van der Waals surface area (Å²) in [7, 11) is 0. The third kappa shape index (κ3) is 4.08. The van der Waals surface area contributed by atoms with Gasteiger partial charge in [0.1, 0.15) is 11.6 Å². The molecule has 2 aromatic rings. The summed E-state index contributed by atoms with van der Waals surface area (Å²) in [4.78, 5) is 29.1. The Morgan fingerprint density at radius 3 is 2.88 bits per heavy atom. The summed E-state index contributed by atoms with van der Waals surface area (Å²) in [6, 6.07) is 5.59. The molecule has 1 N–H and O–H groups in total. The van der Waals surface area contributed by atoms with Crippen LogP contribution in [0, 0.1) is 0 Å². The fourth-order valence-electron chi connectivity index (χ4n) is 2.54. The van der Waals surface area contributed by atoms with E-state index in [0.29, 0.717) is 30.2 Å². The van der Waals surface area contributed by atoms with Crippen LogP contribution in [0.15, 0.2) is 23.6 Å². The highest BCUT2D eigenvalue weighted by molar-refractivity contribution is 7.13. The minimum absolute atomic E-state index is 0.0916. The van der Waals surface area contributed by atoms with Gasteiger partial charge in [-0.2, -0.15) is 0 Å². The normalized spacial score (nSPS) is 12.2. The van der Waals surface area contributed by atoms with Gasteiger partial charge in [0, 0.05) is 17.5 Å². The summed E-state index contributed by atoms with van der Waals surface area (Å²) < 4.78 is 10.7. The van der Waals surface area contributed by atoms with Gasteiger partial charge in [0.2, 0.25) is 12.7 Å². The van der Waals surface area contributed by atoms with Crippen molar-refractivity contribution in [1.29, 1.82) is 0 Å². The molecule has 0 saturated heterocycles. The first kappa shape index (κ1) is 17.2. The maximum absolute atomic E-state index is 12.3. The van der Waals surface area contributed by atoms with Crippen molar-refractivity contribution in [2.75, 3.05) is 19.9 Å². The zero-order valence-electron chi connectivity index (χ0n) is 13.7. The Kier molecular flexibility index (Phi) is 5.18. The van der Waals surface area contributed by atoms with Crippen LogP contribution in [0.3, 0.4) is 0 Å². The Balaban J connectivity index is 1.70. The molecule has 2 heterocycles. The van der Waals surface area contributed by atoms with E-state index in [1.165, 1.54) is 16.2 Å². The number of carboxylic acids is 1. The first-order chi connectivity index (χ1) is 12.1. The van der Waals surface area contributed by atoms with Crippen molar-refractivity contribution in [2.24, 2.45) is 0 Å². The van der Waals surface area contributed by atoms with E-state index < -0.39 is 5.97 Å². The van der Waals surface area contributed by atoms with Gasteiger partial charge in [-0.05, 0) is 24.6 Å². The highest BCUT2D eigenvalue weighted by Gasteiger charge is 2.19. The van der Waals surface area contributed by atoms with E-state index >= 15 is 0 Å². The molecule has 0 bridgehead atoms. The van der Waals surface area contributed by atoms with Crippen LogP contribution >= 0.6 is 11.3 Å². The standard InChI is InChI=1S/C17H18N2O5S/c1-2-5-19(8-16(21)22)15(20)7-12-9-25-17(18-12)11-3-4-13-14(6-11)24-10-23-13/h3-4,6,9H,2,5,7-8,10H2,1H3,(H,21,22). The van der Waals surface area contributed by atoms with Gasteiger partial charge in [-0.15, -0.1) is 11.3 Å². The summed E-state index contributed by atoms with van der Waals surface area (Å²) in [5, 5.41) is 11.5. The van der Waals surface area contributed by atoms with Crippen LogP contribution in [0.1, 0.15) is 19.0 Å². The first-order valence-electron chi connectivity index (χ1n) is 7.91. The number of nitrogens with zero attached hydrogens (tertiary/aromatic N) is 2. The Morgan fingerprint density at radius 2 is 2.12 bits per heavy atom. The summed E-state index contributed by atoms with van der Waals surface area (Å²) in [6.45, 7) is 2.26. The Labute approximate surface area is 148 Å². The maximum atomic E-state index is 12.3. The molecule has 0 saturated carbocycles. The maximum Gasteiger partial charge on any atom is 0.323 e. The van der Waals surface area contributed by atoms with Crippen LogP contribution in [-0.2, 0) is 16.0 Å². The van der Waals surface area contributed by atoms with E-state index in [4.69, 9.17) is 14.6 Å². The number of benzene rings is 1. The van der Waals surface area contributed by atoms with Crippen LogP contribution in [0.25, 0.3) is 10.6 Å². The molecule has 1 amide bonds. The predicted octanol–water partition coefficient (Wildman–Crippen LogP) is 2.40. The van der Waals surface area contributed by atoms with E-state index in [-0.39, 0.29) is 25.7 Å². The van der Waals surface area contributed by atoms with Crippen molar-refractivity contribution in [3.05, 3.63) is 29.3 Å². The van der Waals surface area contributed by atoms with E-state index in [2.05, 4.69) is 4.98 Å². The molecular weight excluding hydrogens is 344 g/mol. The number of hydrogen-bond donors (Lipinski definition) is 1. The molecule has 1 aromatic heterocycles. The molecule has 0 unspecified atom stereocenters. The number of amides is 1. The summed E-state index contributed by atoms with van der Waals surface area (Å²) in [5.74, 6) is 0.147. The average Bonchev–Trinajstić information content (AvgIpc) is 3.22. The second kappa shape index (κ2) is 7.52. The van der Waals surface area contributed by atoms with Crippen molar-refractivity contribution < 1.29 is 24.2 Å². The van der Waals surface area contributed by atoms with Crippen LogP contribution in [0.4, 0.5) is 0 Å². The summed E-state index contributed by atoms with van der Waals surface area (Å²) in [6.07, 6.45) is 0.798. The van der Waals surface area contributed by atoms with Crippen LogP contribution in [0.5, 0.6) is 11.5 Å². The van der Waals surface area contributed by atoms with Gasteiger partial charge in [-0.1, -0.05) is 6.92 Å². The van der Waals surface area contributed by atoms with Crippen LogP contribution < -0.4 is 9.47 Å². The minimum Gasteiger partial charge on any atom is -0.480 e. The zero-order valence-corrected chi connectivity index (χ0v) is 14.5. The third-order valence-electron chi connectivity index (χ3n) is 3.68. The Bertz CT molecular complexity index is 789. The highest BCUT2D eigenvalue weighted by Crippen LogP contribution is 2.36. The van der Waals surface area contributed by atoms with Gasteiger partial charge < -0.3 is 19.5 Å². The van der Waals surface area contributed by atoms with Crippen molar-refractivity contribution >= 4 is 23.2 Å². The molecule has 25 heavy (non-hydrogen) atoms. The molecule has 1 aliphatic rings. The van der Waals surface area contributed by atoms with E-state index in [1.807, 2.05) is 30.5 Å². The lowest BCUT2D eigenvalue weighted by Crippen LogP contribution is -2.37. The third-order valence-corrected chi connectivity index (χ3v) is 4.62. The number of carbonyl (C=O) groups is 2. The quantitative estimate of drug-likeness (QED) is 0.814. The Hall–Kier alpha value is -2.61. The van der Waals surface area contributed by atoms with E-state index in [9.17, 15) is 9.59 Å². The summed E-state index contributed by atoms with van der Waals surface area (Å²) in [5.41, 5.74) is 1.53. The SMILES string of the molecule is CCCN(CC(=O)O)C(=O)Cc1csc(-c2ccc3c(c2)OCO3)n1. The molecular formula is C17H18N2O5S. The number of rotatable bonds is 7. The molecule has 0 fully saturated rings.